The molecule has 1 aromatic heterocycles. The van der Waals surface area contributed by atoms with Crippen molar-refractivity contribution in [2.45, 2.75) is 6.54 Å². The Labute approximate surface area is 133 Å². The van der Waals surface area contributed by atoms with Gasteiger partial charge in [0.1, 0.15) is 5.56 Å². The van der Waals surface area contributed by atoms with Gasteiger partial charge >= 0.3 is 0 Å². The van der Waals surface area contributed by atoms with Crippen LogP contribution in [0.3, 0.4) is 0 Å². The third-order valence-electron chi connectivity index (χ3n) is 3.45. The molecular formula is C18H15N3O2. The number of aromatic nitrogens is 2. The lowest BCUT2D eigenvalue weighted by atomic mass is 10.1. The molecule has 0 aliphatic carbocycles. The van der Waals surface area contributed by atoms with Gasteiger partial charge in [0, 0.05) is 11.9 Å². The van der Waals surface area contributed by atoms with E-state index in [1.165, 1.54) is 12.5 Å². The van der Waals surface area contributed by atoms with Gasteiger partial charge in [-0.1, -0.05) is 48.5 Å². The number of carbonyl (C=O) groups excluding carboxylic acids is 1. The Bertz CT molecular complexity index is 845. The molecule has 0 saturated carbocycles. The van der Waals surface area contributed by atoms with Gasteiger partial charge in [-0.05, 0) is 17.7 Å². The fourth-order valence-corrected chi connectivity index (χ4v) is 2.30. The summed E-state index contributed by atoms with van der Waals surface area (Å²) < 4.78 is 0. The lowest BCUT2D eigenvalue weighted by Crippen LogP contribution is -2.34. The number of para-hydroxylation sites is 1. The van der Waals surface area contributed by atoms with Crippen molar-refractivity contribution < 1.29 is 4.79 Å². The summed E-state index contributed by atoms with van der Waals surface area (Å²) in [5.74, 6) is -0.380. The number of nitrogens with one attached hydrogen (secondary N) is 1. The number of H-pyrrole nitrogens is 1. The topological polar surface area (TPSA) is 66.1 Å². The van der Waals surface area contributed by atoms with Crippen molar-refractivity contribution in [3.63, 3.8) is 0 Å². The molecule has 0 aliphatic rings. The number of amides is 1. The molecule has 0 fully saturated rings. The van der Waals surface area contributed by atoms with Crippen LogP contribution in [-0.4, -0.2) is 15.9 Å². The molecule has 2 aromatic carbocycles. The molecular weight excluding hydrogens is 290 g/mol. The Morgan fingerprint density at radius 2 is 1.65 bits per heavy atom. The average Bonchev–Trinajstić information content (AvgIpc) is 2.61. The lowest BCUT2D eigenvalue weighted by Gasteiger charge is -2.22. The highest BCUT2D eigenvalue weighted by atomic mass is 16.2. The summed E-state index contributed by atoms with van der Waals surface area (Å²) in [4.78, 5) is 32.6. The van der Waals surface area contributed by atoms with E-state index >= 15 is 0 Å². The molecule has 0 saturated heterocycles. The summed E-state index contributed by atoms with van der Waals surface area (Å²) in [5.41, 5.74) is 1.28. The molecule has 0 aliphatic heterocycles. The van der Waals surface area contributed by atoms with Crippen molar-refractivity contribution in [2.24, 2.45) is 0 Å². The fraction of sp³-hybridized carbons (Fsp3) is 0.0556. The quantitative estimate of drug-likeness (QED) is 0.805. The summed E-state index contributed by atoms with van der Waals surface area (Å²) in [6.07, 6.45) is 2.56. The number of rotatable bonds is 4. The zero-order chi connectivity index (χ0) is 16.1. The van der Waals surface area contributed by atoms with Crippen LogP contribution in [0, 0.1) is 0 Å². The third kappa shape index (κ3) is 3.35. The first-order valence-corrected chi connectivity index (χ1v) is 7.19. The molecule has 5 heteroatoms. The minimum absolute atomic E-state index is 0.0206. The molecule has 114 valence electrons. The van der Waals surface area contributed by atoms with Gasteiger partial charge in [0.05, 0.1) is 12.9 Å². The summed E-state index contributed by atoms with van der Waals surface area (Å²) >= 11 is 0. The Morgan fingerprint density at radius 1 is 1.00 bits per heavy atom. The number of hydrogen-bond donors (Lipinski definition) is 1. The van der Waals surface area contributed by atoms with Gasteiger partial charge in [-0.25, -0.2) is 4.98 Å². The van der Waals surface area contributed by atoms with E-state index in [2.05, 4.69) is 9.97 Å². The van der Waals surface area contributed by atoms with Crippen LogP contribution in [0.25, 0.3) is 0 Å². The van der Waals surface area contributed by atoms with E-state index in [0.717, 1.165) is 11.3 Å². The molecule has 1 amide bonds. The summed E-state index contributed by atoms with van der Waals surface area (Å²) in [5, 5.41) is 0. The van der Waals surface area contributed by atoms with Crippen LogP contribution in [0.5, 0.6) is 0 Å². The van der Waals surface area contributed by atoms with E-state index in [1.54, 1.807) is 4.90 Å². The lowest BCUT2D eigenvalue weighted by molar-refractivity contribution is 0.0983. The first-order chi connectivity index (χ1) is 11.3. The molecule has 3 aromatic rings. The minimum Gasteiger partial charge on any atom is -0.312 e. The van der Waals surface area contributed by atoms with Crippen LogP contribution in [0.4, 0.5) is 5.69 Å². The largest absolute Gasteiger partial charge is 0.312 e. The van der Waals surface area contributed by atoms with Gasteiger partial charge < -0.3 is 9.88 Å². The molecule has 0 bridgehead atoms. The van der Waals surface area contributed by atoms with Crippen LogP contribution in [0.2, 0.25) is 0 Å². The zero-order valence-electron chi connectivity index (χ0n) is 12.3. The van der Waals surface area contributed by atoms with Crippen LogP contribution in [0.15, 0.2) is 78.0 Å². The van der Waals surface area contributed by atoms with Crippen molar-refractivity contribution in [1.29, 1.82) is 0 Å². The van der Waals surface area contributed by atoms with Crippen molar-refractivity contribution >= 4 is 11.6 Å². The standard InChI is InChI=1S/C18H15N3O2/c22-17-16(11-19-13-20-17)18(23)21(15-9-5-2-6-10-15)12-14-7-3-1-4-8-14/h1-11,13H,12H2,(H,19,20,22). The van der Waals surface area contributed by atoms with E-state index in [0.29, 0.717) is 6.54 Å². The molecule has 1 N–H and O–H groups in total. The molecule has 0 unspecified atom stereocenters. The van der Waals surface area contributed by atoms with Crippen molar-refractivity contribution in [2.75, 3.05) is 4.90 Å². The molecule has 23 heavy (non-hydrogen) atoms. The van der Waals surface area contributed by atoms with Crippen molar-refractivity contribution in [3.8, 4) is 0 Å². The maximum Gasteiger partial charge on any atom is 0.265 e. The highest BCUT2D eigenvalue weighted by Gasteiger charge is 2.20. The predicted molar refractivity (Wildman–Crippen MR) is 88.3 cm³/mol. The highest BCUT2D eigenvalue weighted by Crippen LogP contribution is 2.18. The predicted octanol–water partition coefficient (Wildman–Crippen LogP) is 2.62. The smallest absolute Gasteiger partial charge is 0.265 e. The molecule has 3 rings (SSSR count). The maximum atomic E-state index is 12.8. The Kier molecular flexibility index (Phi) is 4.29. The van der Waals surface area contributed by atoms with Gasteiger partial charge in [0.2, 0.25) is 0 Å². The van der Waals surface area contributed by atoms with Crippen LogP contribution < -0.4 is 10.5 Å². The monoisotopic (exact) mass is 305 g/mol. The van der Waals surface area contributed by atoms with Crippen molar-refractivity contribution in [3.05, 3.63) is 94.7 Å². The summed E-state index contributed by atoms with van der Waals surface area (Å²) in [7, 11) is 0. The van der Waals surface area contributed by atoms with Gasteiger partial charge in [-0.15, -0.1) is 0 Å². The number of carbonyl (C=O) groups is 1. The second-order valence-electron chi connectivity index (χ2n) is 5.01. The van der Waals surface area contributed by atoms with E-state index in [4.69, 9.17) is 0 Å². The fourth-order valence-electron chi connectivity index (χ4n) is 2.30. The number of benzene rings is 2. The number of anilines is 1. The number of aromatic amines is 1. The van der Waals surface area contributed by atoms with E-state index in [-0.39, 0.29) is 11.5 Å². The first-order valence-electron chi connectivity index (χ1n) is 7.19. The third-order valence-corrected chi connectivity index (χ3v) is 3.45. The zero-order valence-corrected chi connectivity index (χ0v) is 12.3. The first kappa shape index (κ1) is 14.7. The van der Waals surface area contributed by atoms with E-state index in [9.17, 15) is 9.59 Å². The van der Waals surface area contributed by atoms with Crippen molar-refractivity contribution in [1.82, 2.24) is 9.97 Å². The van der Waals surface area contributed by atoms with Gasteiger partial charge in [-0.3, -0.25) is 9.59 Å². The normalized spacial score (nSPS) is 10.3. The summed E-state index contributed by atoms with van der Waals surface area (Å²) in [6, 6.07) is 18.9. The maximum absolute atomic E-state index is 12.8. The number of nitrogens with zero attached hydrogens (tertiary/aromatic N) is 2. The van der Waals surface area contributed by atoms with Crippen LogP contribution in [0.1, 0.15) is 15.9 Å². The van der Waals surface area contributed by atoms with Crippen LogP contribution >= 0.6 is 0 Å². The SMILES string of the molecule is O=C(c1cnc[nH]c1=O)N(Cc1ccccc1)c1ccccc1. The molecule has 0 radical (unpaired) electrons. The molecule has 0 spiro atoms. The summed E-state index contributed by atoms with van der Waals surface area (Å²) in [6.45, 7) is 0.373. The highest BCUT2D eigenvalue weighted by molar-refractivity contribution is 6.05. The second-order valence-corrected chi connectivity index (χ2v) is 5.01. The number of hydrogen-bond acceptors (Lipinski definition) is 3. The Hall–Kier alpha value is -3.21. The Morgan fingerprint density at radius 3 is 2.30 bits per heavy atom. The molecule has 5 nitrogen and oxygen atoms in total. The van der Waals surface area contributed by atoms with Gasteiger partial charge in [0.25, 0.3) is 11.5 Å². The average molecular weight is 305 g/mol. The van der Waals surface area contributed by atoms with E-state index < -0.39 is 5.56 Å². The minimum atomic E-state index is -0.445. The van der Waals surface area contributed by atoms with Crippen LogP contribution in [-0.2, 0) is 6.54 Å². The molecule has 0 atom stereocenters. The molecule has 1 heterocycles. The van der Waals surface area contributed by atoms with Gasteiger partial charge in [-0.2, -0.15) is 0 Å². The Balaban J connectivity index is 2.00. The van der Waals surface area contributed by atoms with E-state index in [1.807, 2.05) is 60.7 Å². The van der Waals surface area contributed by atoms with Gasteiger partial charge in [0.15, 0.2) is 0 Å². The second kappa shape index (κ2) is 6.70.